The average molecular weight is 321 g/mol. The van der Waals surface area contributed by atoms with E-state index in [0.717, 1.165) is 5.56 Å². The summed E-state index contributed by atoms with van der Waals surface area (Å²) in [5, 5.41) is 11.7. The van der Waals surface area contributed by atoms with Crippen LogP contribution in [0.4, 0.5) is 4.79 Å². The smallest absolute Gasteiger partial charge is 0.408 e. The zero-order valence-electron chi connectivity index (χ0n) is 14.3. The molecule has 0 aliphatic rings. The highest BCUT2D eigenvalue weighted by Crippen LogP contribution is 2.31. The van der Waals surface area contributed by atoms with Gasteiger partial charge in [0, 0.05) is 0 Å². The third-order valence-corrected chi connectivity index (χ3v) is 4.44. The molecular formula is C18H27NO4. The third-order valence-electron chi connectivity index (χ3n) is 4.44. The molecule has 1 aromatic rings. The number of carbonyl (C=O) groups excluding carboxylic acids is 1. The fourth-order valence-electron chi connectivity index (χ4n) is 1.97. The summed E-state index contributed by atoms with van der Waals surface area (Å²) in [5.41, 5.74) is 0.874. The Balaban J connectivity index is 2.49. The Morgan fingerprint density at radius 1 is 1.22 bits per heavy atom. The number of benzene rings is 1. The molecule has 1 atom stereocenters. The number of amides is 1. The molecule has 128 valence electrons. The Kier molecular flexibility index (Phi) is 7.07. The van der Waals surface area contributed by atoms with Crippen LogP contribution in [0.15, 0.2) is 30.3 Å². The molecule has 0 radical (unpaired) electrons. The molecule has 0 fully saturated rings. The minimum absolute atomic E-state index is 0.0172. The number of carboxylic acid groups (broad SMARTS) is 1. The zero-order valence-corrected chi connectivity index (χ0v) is 14.3. The van der Waals surface area contributed by atoms with E-state index in [4.69, 9.17) is 4.74 Å². The molecule has 1 unspecified atom stereocenters. The fraction of sp³-hybridized carbons (Fsp3) is 0.556. The van der Waals surface area contributed by atoms with Crippen LogP contribution in [0.2, 0.25) is 0 Å². The number of ether oxygens (including phenoxy) is 1. The maximum absolute atomic E-state index is 11.8. The molecular weight excluding hydrogens is 294 g/mol. The first-order valence-corrected chi connectivity index (χ1v) is 7.92. The van der Waals surface area contributed by atoms with Crippen LogP contribution in [0.3, 0.4) is 0 Å². The quantitative estimate of drug-likeness (QED) is 0.763. The van der Waals surface area contributed by atoms with Crippen molar-refractivity contribution < 1.29 is 19.4 Å². The van der Waals surface area contributed by atoms with E-state index in [1.54, 1.807) is 0 Å². The Morgan fingerprint density at radius 3 is 2.35 bits per heavy atom. The van der Waals surface area contributed by atoms with Crippen molar-refractivity contribution in [1.82, 2.24) is 5.32 Å². The number of aliphatic carboxylic acids is 1. The highest BCUT2D eigenvalue weighted by Gasteiger charge is 2.27. The molecule has 1 amide bonds. The molecule has 0 aliphatic heterocycles. The second-order valence-corrected chi connectivity index (χ2v) is 6.78. The van der Waals surface area contributed by atoms with Gasteiger partial charge in [-0.25, -0.2) is 9.59 Å². The molecule has 0 aromatic heterocycles. The lowest BCUT2D eigenvalue weighted by molar-refractivity contribution is -0.139. The minimum atomic E-state index is -1.04. The molecule has 1 rings (SSSR count). The maximum atomic E-state index is 11.8. The normalized spacial score (nSPS) is 12.7. The zero-order chi connectivity index (χ0) is 17.5. The van der Waals surface area contributed by atoms with Gasteiger partial charge in [-0.1, -0.05) is 58.0 Å². The summed E-state index contributed by atoms with van der Waals surface area (Å²) < 4.78 is 5.07. The molecule has 23 heavy (non-hydrogen) atoms. The van der Waals surface area contributed by atoms with E-state index in [-0.39, 0.29) is 12.0 Å². The number of carboxylic acids is 1. The van der Waals surface area contributed by atoms with Gasteiger partial charge < -0.3 is 15.2 Å². The predicted octanol–water partition coefficient (Wildman–Crippen LogP) is 3.83. The minimum Gasteiger partial charge on any atom is -0.480 e. The van der Waals surface area contributed by atoms with Crippen LogP contribution in [0.5, 0.6) is 0 Å². The van der Waals surface area contributed by atoms with Crippen molar-refractivity contribution in [3.63, 3.8) is 0 Å². The van der Waals surface area contributed by atoms with Crippen LogP contribution < -0.4 is 5.32 Å². The second kappa shape index (κ2) is 8.56. The van der Waals surface area contributed by atoms with Gasteiger partial charge in [-0.05, 0) is 29.7 Å². The molecule has 5 heteroatoms. The lowest BCUT2D eigenvalue weighted by Gasteiger charge is -2.30. The van der Waals surface area contributed by atoms with Gasteiger partial charge in [0.25, 0.3) is 0 Å². The first-order chi connectivity index (χ1) is 10.7. The van der Waals surface area contributed by atoms with Gasteiger partial charge in [0.1, 0.15) is 12.6 Å². The maximum Gasteiger partial charge on any atom is 0.408 e. The average Bonchev–Trinajstić information content (AvgIpc) is 2.50. The van der Waals surface area contributed by atoms with Crippen molar-refractivity contribution in [1.29, 1.82) is 0 Å². The molecule has 2 N–H and O–H groups in total. The second-order valence-electron chi connectivity index (χ2n) is 6.78. The van der Waals surface area contributed by atoms with Crippen molar-refractivity contribution in [2.45, 2.75) is 53.2 Å². The van der Waals surface area contributed by atoms with Crippen LogP contribution >= 0.6 is 0 Å². The summed E-state index contributed by atoms with van der Waals surface area (Å²) >= 11 is 0. The molecule has 0 bridgehead atoms. The summed E-state index contributed by atoms with van der Waals surface area (Å²) in [6, 6.07) is 8.33. The number of rotatable bonds is 8. The van der Waals surface area contributed by atoms with Crippen molar-refractivity contribution >= 4 is 12.1 Å². The van der Waals surface area contributed by atoms with Gasteiger partial charge in [0.2, 0.25) is 0 Å². The lowest BCUT2D eigenvalue weighted by atomic mass is 9.76. The molecule has 0 aliphatic carbocycles. The third kappa shape index (κ3) is 6.72. The van der Waals surface area contributed by atoms with Crippen molar-refractivity contribution in [3.8, 4) is 0 Å². The monoisotopic (exact) mass is 321 g/mol. The molecule has 5 nitrogen and oxygen atoms in total. The standard InChI is InChI=1S/C18H27NO4/c1-13(2)18(3,4)11-10-15(16(20)21)19-17(22)23-12-14-8-6-5-7-9-14/h5-9,13,15H,10-12H2,1-4H3,(H,19,22)(H,20,21). The van der Waals surface area contributed by atoms with Crippen LogP contribution in [-0.4, -0.2) is 23.2 Å². The summed E-state index contributed by atoms with van der Waals surface area (Å²) in [5.74, 6) is -0.608. The predicted molar refractivity (Wildman–Crippen MR) is 89.0 cm³/mol. The van der Waals surface area contributed by atoms with Gasteiger partial charge >= 0.3 is 12.1 Å². The molecule has 0 saturated carbocycles. The van der Waals surface area contributed by atoms with Crippen LogP contribution in [0, 0.1) is 11.3 Å². The van der Waals surface area contributed by atoms with Crippen LogP contribution in [0.25, 0.3) is 0 Å². The molecule has 1 aromatic carbocycles. The van der Waals surface area contributed by atoms with E-state index in [9.17, 15) is 14.7 Å². The molecule has 0 heterocycles. The number of alkyl carbamates (subject to hydrolysis) is 1. The molecule has 0 spiro atoms. The Morgan fingerprint density at radius 2 is 1.83 bits per heavy atom. The van der Waals surface area contributed by atoms with Gasteiger partial charge in [-0.15, -0.1) is 0 Å². The number of hydrogen-bond acceptors (Lipinski definition) is 3. The highest BCUT2D eigenvalue weighted by molar-refractivity contribution is 5.79. The van der Waals surface area contributed by atoms with Crippen molar-refractivity contribution in [2.24, 2.45) is 11.3 Å². The first-order valence-electron chi connectivity index (χ1n) is 7.92. The summed E-state index contributed by atoms with van der Waals surface area (Å²) in [6.45, 7) is 8.54. The Labute approximate surface area is 138 Å². The highest BCUT2D eigenvalue weighted by atomic mass is 16.5. The van der Waals surface area contributed by atoms with Crippen molar-refractivity contribution in [3.05, 3.63) is 35.9 Å². The van der Waals surface area contributed by atoms with Crippen LogP contribution in [0.1, 0.15) is 46.1 Å². The van der Waals surface area contributed by atoms with Crippen LogP contribution in [-0.2, 0) is 16.1 Å². The van der Waals surface area contributed by atoms with Gasteiger partial charge in [-0.2, -0.15) is 0 Å². The Hall–Kier alpha value is -2.04. The SMILES string of the molecule is CC(C)C(C)(C)CCC(NC(=O)OCc1ccccc1)C(=O)O. The van der Waals surface area contributed by atoms with Gasteiger partial charge in [-0.3, -0.25) is 0 Å². The van der Waals surface area contributed by atoms with E-state index in [1.807, 2.05) is 30.3 Å². The summed E-state index contributed by atoms with van der Waals surface area (Å²) in [7, 11) is 0. The summed E-state index contributed by atoms with van der Waals surface area (Å²) in [4.78, 5) is 23.1. The van der Waals surface area contributed by atoms with E-state index in [2.05, 4.69) is 33.0 Å². The number of hydrogen-bond donors (Lipinski definition) is 2. The topological polar surface area (TPSA) is 75.6 Å². The molecule has 0 saturated heterocycles. The number of nitrogens with one attached hydrogen (secondary N) is 1. The van der Waals surface area contributed by atoms with E-state index < -0.39 is 18.1 Å². The van der Waals surface area contributed by atoms with Gasteiger partial charge in [0.15, 0.2) is 0 Å². The van der Waals surface area contributed by atoms with E-state index in [0.29, 0.717) is 18.8 Å². The van der Waals surface area contributed by atoms with Gasteiger partial charge in [0.05, 0.1) is 0 Å². The Bertz CT molecular complexity index is 511. The van der Waals surface area contributed by atoms with Crippen molar-refractivity contribution in [2.75, 3.05) is 0 Å². The summed E-state index contributed by atoms with van der Waals surface area (Å²) in [6.07, 6.45) is 0.380. The number of carbonyl (C=O) groups is 2. The van der Waals surface area contributed by atoms with E-state index in [1.165, 1.54) is 0 Å². The largest absolute Gasteiger partial charge is 0.480 e. The fourth-order valence-corrected chi connectivity index (χ4v) is 1.97. The lowest BCUT2D eigenvalue weighted by Crippen LogP contribution is -2.42. The van der Waals surface area contributed by atoms with E-state index >= 15 is 0 Å². The first kappa shape index (κ1) is 19.0.